The van der Waals surface area contributed by atoms with Crippen molar-refractivity contribution in [3.05, 3.63) is 36.8 Å². The number of morpholine rings is 1. The lowest BCUT2D eigenvalue weighted by Crippen LogP contribution is -2.45. The zero-order chi connectivity index (χ0) is 16.3. The van der Waals surface area contributed by atoms with Crippen LogP contribution in [0.2, 0.25) is 0 Å². The van der Waals surface area contributed by atoms with Gasteiger partial charge >= 0.3 is 0 Å². The van der Waals surface area contributed by atoms with E-state index < -0.39 is 10.0 Å². The number of hydrogen-bond acceptors (Lipinski definition) is 6. The van der Waals surface area contributed by atoms with Gasteiger partial charge in [0, 0.05) is 38.2 Å². The van der Waals surface area contributed by atoms with Crippen LogP contribution in [-0.2, 0) is 28.2 Å². The van der Waals surface area contributed by atoms with Crippen molar-refractivity contribution in [3.63, 3.8) is 0 Å². The third-order valence-electron chi connectivity index (χ3n) is 3.75. The van der Waals surface area contributed by atoms with E-state index in [0.717, 1.165) is 12.1 Å². The summed E-state index contributed by atoms with van der Waals surface area (Å²) in [5.74, 6) is 0. The number of rotatable bonds is 5. The van der Waals surface area contributed by atoms with Gasteiger partial charge in [-0.3, -0.25) is 0 Å². The Bertz CT molecular complexity index is 747. The quantitative estimate of drug-likeness (QED) is 0.776. The maximum atomic E-state index is 12.6. The Morgan fingerprint density at radius 3 is 2.96 bits per heavy atom. The van der Waals surface area contributed by atoms with Gasteiger partial charge in [-0.1, -0.05) is 0 Å². The molecule has 3 heterocycles. The Balaban J connectivity index is 1.64. The number of aryl methyl sites for hydroxylation is 2. The number of hydrogen-bond donors (Lipinski definition) is 0. The molecule has 0 radical (unpaired) electrons. The van der Waals surface area contributed by atoms with E-state index in [2.05, 4.69) is 15.0 Å². The van der Waals surface area contributed by atoms with Gasteiger partial charge in [0.25, 0.3) is 10.0 Å². The number of imidazole rings is 1. The van der Waals surface area contributed by atoms with Crippen molar-refractivity contribution in [1.29, 1.82) is 0 Å². The predicted octanol–water partition coefficient (Wildman–Crippen LogP) is 0.232. The molecule has 0 N–H and O–H groups in total. The smallest absolute Gasteiger partial charge is 0.262 e. The molecule has 0 amide bonds. The SMILES string of the molecule is Cn1cnc(S(=O)(=O)N2CCO[C@H](CCc3ccncn3)C2)c1. The fraction of sp³-hybridized carbons (Fsp3) is 0.500. The van der Waals surface area contributed by atoms with Crippen LogP contribution in [0, 0.1) is 0 Å². The summed E-state index contributed by atoms with van der Waals surface area (Å²) in [7, 11) is -1.82. The van der Waals surface area contributed by atoms with E-state index in [9.17, 15) is 8.42 Å². The van der Waals surface area contributed by atoms with Gasteiger partial charge in [0.15, 0.2) is 5.03 Å². The van der Waals surface area contributed by atoms with Crippen LogP contribution < -0.4 is 0 Å². The topological polar surface area (TPSA) is 90.2 Å². The molecule has 0 aromatic carbocycles. The summed E-state index contributed by atoms with van der Waals surface area (Å²) in [5, 5.41) is 0.0800. The van der Waals surface area contributed by atoms with Gasteiger partial charge in [-0.25, -0.2) is 23.4 Å². The highest BCUT2D eigenvalue weighted by atomic mass is 32.2. The van der Waals surface area contributed by atoms with Crippen LogP contribution in [0.1, 0.15) is 12.1 Å². The molecule has 9 heteroatoms. The molecular formula is C14H19N5O3S. The fourth-order valence-electron chi connectivity index (χ4n) is 2.51. The molecular weight excluding hydrogens is 318 g/mol. The van der Waals surface area contributed by atoms with E-state index in [4.69, 9.17) is 4.74 Å². The maximum Gasteiger partial charge on any atom is 0.262 e. The zero-order valence-electron chi connectivity index (χ0n) is 12.9. The van der Waals surface area contributed by atoms with Gasteiger partial charge in [-0.15, -0.1) is 0 Å². The second kappa shape index (κ2) is 6.73. The lowest BCUT2D eigenvalue weighted by atomic mass is 10.1. The molecule has 2 aromatic heterocycles. The normalized spacial score (nSPS) is 19.8. The molecule has 1 aliphatic rings. The zero-order valence-corrected chi connectivity index (χ0v) is 13.7. The molecule has 0 unspecified atom stereocenters. The number of aromatic nitrogens is 4. The molecule has 0 saturated carbocycles. The van der Waals surface area contributed by atoms with E-state index in [1.165, 1.54) is 23.2 Å². The summed E-state index contributed by atoms with van der Waals surface area (Å²) in [6.45, 7) is 1.08. The second-order valence-corrected chi connectivity index (χ2v) is 7.36. The van der Waals surface area contributed by atoms with Crippen LogP contribution >= 0.6 is 0 Å². The summed E-state index contributed by atoms with van der Waals surface area (Å²) in [4.78, 5) is 12.0. The Morgan fingerprint density at radius 2 is 2.26 bits per heavy atom. The maximum absolute atomic E-state index is 12.6. The average Bonchev–Trinajstić information content (AvgIpc) is 3.01. The van der Waals surface area contributed by atoms with Gasteiger partial charge in [0.2, 0.25) is 0 Å². The van der Waals surface area contributed by atoms with Crippen molar-refractivity contribution in [3.8, 4) is 0 Å². The first-order valence-electron chi connectivity index (χ1n) is 7.40. The summed E-state index contributed by atoms with van der Waals surface area (Å²) in [5.41, 5.74) is 0.924. The van der Waals surface area contributed by atoms with E-state index in [1.807, 2.05) is 6.07 Å². The lowest BCUT2D eigenvalue weighted by Gasteiger charge is -2.31. The first-order valence-corrected chi connectivity index (χ1v) is 8.84. The molecule has 2 aromatic rings. The van der Waals surface area contributed by atoms with Crippen molar-refractivity contribution in [1.82, 2.24) is 23.8 Å². The molecule has 0 spiro atoms. The number of sulfonamides is 1. The van der Waals surface area contributed by atoms with Crippen molar-refractivity contribution in [2.75, 3.05) is 19.7 Å². The molecule has 0 aliphatic carbocycles. The monoisotopic (exact) mass is 337 g/mol. The van der Waals surface area contributed by atoms with Crippen molar-refractivity contribution < 1.29 is 13.2 Å². The van der Waals surface area contributed by atoms with Crippen molar-refractivity contribution in [2.45, 2.75) is 24.0 Å². The highest BCUT2D eigenvalue weighted by Crippen LogP contribution is 2.19. The molecule has 23 heavy (non-hydrogen) atoms. The molecule has 124 valence electrons. The van der Waals surface area contributed by atoms with E-state index in [0.29, 0.717) is 26.1 Å². The van der Waals surface area contributed by atoms with Crippen LogP contribution in [-0.4, -0.2) is 58.0 Å². The molecule has 1 aliphatic heterocycles. The van der Waals surface area contributed by atoms with Crippen molar-refractivity contribution in [2.24, 2.45) is 7.05 Å². The molecule has 0 bridgehead atoms. The Kier molecular flexibility index (Phi) is 4.69. The first-order chi connectivity index (χ1) is 11.1. The third kappa shape index (κ3) is 3.74. The second-order valence-electron chi connectivity index (χ2n) is 5.47. The van der Waals surface area contributed by atoms with Crippen molar-refractivity contribution >= 4 is 10.0 Å². The lowest BCUT2D eigenvalue weighted by molar-refractivity contribution is -0.00544. The Hall–Kier alpha value is -1.84. The van der Waals surface area contributed by atoms with Gasteiger partial charge in [0.05, 0.1) is 19.0 Å². The molecule has 1 fully saturated rings. The minimum atomic E-state index is -3.56. The summed E-state index contributed by atoms with van der Waals surface area (Å²) in [6, 6.07) is 1.85. The number of ether oxygens (including phenoxy) is 1. The third-order valence-corrected chi connectivity index (χ3v) is 5.50. The minimum absolute atomic E-state index is 0.0800. The number of nitrogens with zero attached hydrogens (tertiary/aromatic N) is 5. The van der Waals surface area contributed by atoms with Gasteiger partial charge in [-0.05, 0) is 18.9 Å². The Morgan fingerprint density at radius 1 is 1.39 bits per heavy atom. The van der Waals surface area contributed by atoms with Gasteiger partial charge < -0.3 is 9.30 Å². The van der Waals surface area contributed by atoms with Gasteiger partial charge in [-0.2, -0.15) is 4.31 Å². The summed E-state index contributed by atoms with van der Waals surface area (Å²) >= 11 is 0. The molecule has 3 rings (SSSR count). The average molecular weight is 337 g/mol. The van der Waals surface area contributed by atoms with Gasteiger partial charge in [0.1, 0.15) is 6.33 Å². The van der Waals surface area contributed by atoms with E-state index >= 15 is 0 Å². The standard InChI is InChI=1S/C14H19N5O3S/c1-18-9-14(17-11-18)23(20,21)19-6-7-22-13(8-19)3-2-12-4-5-15-10-16-12/h4-5,9-11,13H,2-3,6-8H2,1H3/t13-/m1/s1. The highest BCUT2D eigenvalue weighted by Gasteiger charge is 2.32. The Labute approximate surface area is 135 Å². The fourth-order valence-corrected chi connectivity index (χ4v) is 3.94. The predicted molar refractivity (Wildman–Crippen MR) is 82.1 cm³/mol. The molecule has 8 nitrogen and oxygen atoms in total. The molecule has 1 atom stereocenters. The largest absolute Gasteiger partial charge is 0.375 e. The van der Waals surface area contributed by atoms with Crippen LogP contribution in [0.3, 0.4) is 0 Å². The highest BCUT2D eigenvalue weighted by molar-refractivity contribution is 7.89. The van der Waals surface area contributed by atoms with Crippen LogP contribution in [0.15, 0.2) is 36.1 Å². The van der Waals surface area contributed by atoms with E-state index in [1.54, 1.807) is 17.8 Å². The molecule has 1 saturated heterocycles. The minimum Gasteiger partial charge on any atom is -0.375 e. The first kappa shape index (κ1) is 16.0. The van der Waals surface area contributed by atoms with E-state index in [-0.39, 0.29) is 11.1 Å². The van der Waals surface area contributed by atoms with Crippen LogP contribution in [0.4, 0.5) is 0 Å². The van der Waals surface area contributed by atoms with Crippen LogP contribution in [0.25, 0.3) is 0 Å². The summed E-state index contributed by atoms with van der Waals surface area (Å²) < 4.78 is 34.0. The van der Waals surface area contributed by atoms with Crippen LogP contribution in [0.5, 0.6) is 0 Å². The summed E-state index contributed by atoms with van der Waals surface area (Å²) in [6.07, 6.45) is 7.50.